The molecule has 0 spiro atoms. The molecule has 2 unspecified atom stereocenters. The lowest BCUT2D eigenvalue weighted by molar-refractivity contribution is 0.0601. The van der Waals surface area contributed by atoms with Crippen molar-refractivity contribution in [2.45, 2.75) is 39.2 Å². The van der Waals surface area contributed by atoms with Gasteiger partial charge in [0.2, 0.25) is 0 Å². The maximum Gasteiger partial charge on any atom is 0.340 e. The predicted molar refractivity (Wildman–Crippen MR) is 77.3 cm³/mol. The number of anilines is 1. The Bertz CT molecular complexity index is 479. The Balaban J connectivity index is 2.26. The molecular formula is C16H22FNO2. The number of rotatable bonds is 3. The number of carbonyl (C=O) groups excluding carboxylic acids is 1. The Kier molecular flexibility index (Phi) is 4.63. The number of carbonyl (C=O) groups is 1. The van der Waals surface area contributed by atoms with Crippen LogP contribution in [0.15, 0.2) is 18.2 Å². The van der Waals surface area contributed by atoms with Gasteiger partial charge < -0.3 is 10.1 Å². The summed E-state index contributed by atoms with van der Waals surface area (Å²) in [4.78, 5) is 11.8. The van der Waals surface area contributed by atoms with E-state index < -0.39 is 11.8 Å². The molecule has 2 atom stereocenters. The van der Waals surface area contributed by atoms with Gasteiger partial charge in [0.25, 0.3) is 0 Å². The van der Waals surface area contributed by atoms with Crippen molar-refractivity contribution in [1.82, 2.24) is 0 Å². The van der Waals surface area contributed by atoms with Crippen LogP contribution in [0.25, 0.3) is 0 Å². The van der Waals surface area contributed by atoms with Crippen LogP contribution >= 0.6 is 0 Å². The van der Waals surface area contributed by atoms with E-state index in [0.29, 0.717) is 23.6 Å². The lowest BCUT2D eigenvalue weighted by Crippen LogP contribution is -2.37. The van der Waals surface area contributed by atoms with Crippen LogP contribution < -0.4 is 5.32 Å². The largest absolute Gasteiger partial charge is 0.465 e. The topological polar surface area (TPSA) is 38.3 Å². The molecule has 1 aromatic rings. The zero-order chi connectivity index (χ0) is 14.7. The van der Waals surface area contributed by atoms with Crippen molar-refractivity contribution in [2.75, 3.05) is 12.4 Å². The Morgan fingerprint density at radius 2 is 1.95 bits per heavy atom. The lowest BCUT2D eigenvalue weighted by atomic mass is 9.78. The summed E-state index contributed by atoms with van der Waals surface area (Å²) in [5.41, 5.74) is 0.918. The standard InChI is InChI=1S/C16H22FNO2/c1-10-5-4-6-11(2)15(10)18-14-8-7-12(17)9-13(14)16(19)20-3/h7-11,15,18H,4-6H2,1-3H3. The van der Waals surface area contributed by atoms with Gasteiger partial charge in [-0.3, -0.25) is 0 Å². The maximum atomic E-state index is 13.3. The van der Waals surface area contributed by atoms with E-state index in [2.05, 4.69) is 19.2 Å². The molecule has 0 aromatic heterocycles. The van der Waals surface area contributed by atoms with Crippen molar-refractivity contribution < 1.29 is 13.9 Å². The molecule has 0 heterocycles. The van der Waals surface area contributed by atoms with E-state index >= 15 is 0 Å². The number of ether oxygens (including phenoxy) is 1. The molecule has 4 heteroatoms. The van der Waals surface area contributed by atoms with Gasteiger partial charge in [0.15, 0.2) is 0 Å². The first-order chi connectivity index (χ1) is 9.52. The van der Waals surface area contributed by atoms with Crippen LogP contribution in [0.1, 0.15) is 43.5 Å². The van der Waals surface area contributed by atoms with Crippen molar-refractivity contribution in [3.05, 3.63) is 29.6 Å². The van der Waals surface area contributed by atoms with Crippen LogP contribution in [0.5, 0.6) is 0 Å². The fourth-order valence-electron chi connectivity index (χ4n) is 3.07. The average molecular weight is 279 g/mol. The van der Waals surface area contributed by atoms with Crippen molar-refractivity contribution in [3.8, 4) is 0 Å². The first-order valence-electron chi connectivity index (χ1n) is 7.17. The van der Waals surface area contributed by atoms with E-state index in [4.69, 9.17) is 4.74 Å². The van der Waals surface area contributed by atoms with E-state index in [-0.39, 0.29) is 5.56 Å². The zero-order valence-electron chi connectivity index (χ0n) is 12.3. The van der Waals surface area contributed by atoms with Crippen molar-refractivity contribution in [1.29, 1.82) is 0 Å². The second-order valence-corrected chi connectivity index (χ2v) is 5.74. The molecule has 1 aromatic carbocycles. The molecule has 1 aliphatic rings. The SMILES string of the molecule is COC(=O)c1cc(F)ccc1NC1C(C)CCCC1C. The van der Waals surface area contributed by atoms with Gasteiger partial charge in [-0.15, -0.1) is 0 Å². The van der Waals surface area contributed by atoms with E-state index in [1.807, 2.05) is 0 Å². The molecule has 2 rings (SSSR count). The summed E-state index contributed by atoms with van der Waals surface area (Å²) in [5.74, 6) is 0.132. The van der Waals surface area contributed by atoms with Gasteiger partial charge in [0, 0.05) is 11.7 Å². The minimum Gasteiger partial charge on any atom is -0.465 e. The van der Waals surface area contributed by atoms with E-state index in [9.17, 15) is 9.18 Å². The molecule has 0 saturated heterocycles. The van der Waals surface area contributed by atoms with Crippen LogP contribution in [-0.2, 0) is 4.74 Å². The van der Waals surface area contributed by atoms with Crippen molar-refractivity contribution in [3.63, 3.8) is 0 Å². The van der Waals surface area contributed by atoms with Crippen LogP contribution in [0.2, 0.25) is 0 Å². The fourth-order valence-corrected chi connectivity index (χ4v) is 3.07. The number of nitrogens with one attached hydrogen (secondary N) is 1. The second-order valence-electron chi connectivity index (χ2n) is 5.74. The lowest BCUT2D eigenvalue weighted by Gasteiger charge is -2.36. The molecule has 0 aliphatic heterocycles. The van der Waals surface area contributed by atoms with Gasteiger partial charge in [-0.1, -0.05) is 20.3 Å². The molecule has 1 fully saturated rings. The number of hydrogen-bond donors (Lipinski definition) is 1. The van der Waals surface area contributed by atoms with E-state index in [1.54, 1.807) is 6.07 Å². The van der Waals surface area contributed by atoms with Gasteiger partial charge in [0.05, 0.1) is 12.7 Å². The molecular weight excluding hydrogens is 257 g/mol. The molecule has 1 aliphatic carbocycles. The molecule has 0 amide bonds. The van der Waals surface area contributed by atoms with Gasteiger partial charge in [-0.05, 0) is 42.9 Å². The van der Waals surface area contributed by atoms with E-state index in [1.165, 1.54) is 38.5 Å². The molecule has 0 bridgehead atoms. The summed E-state index contributed by atoms with van der Waals surface area (Å²) in [7, 11) is 1.31. The highest BCUT2D eigenvalue weighted by atomic mass is 19.1. The molecule has 20 heavy (non-hydrogen) atoms. The number of benzene rings is 1. The number of hydrogen-bond acceptors (Lipinski definition) is 3. The number of halogens is 1. The highest BCUT2D eigenvalue weighted by molar-refractivity contribution is 5.95. The third-order valence-corrected chi connectivity index (χ3v) is 4.25. The Morgan fingerprint density at radius 3 is 2.55 bits per heavy atom. The number of esters is 1. The smallest absolute Gasteiger partial charge is 0.340 e. The molecule has 110 valence electrons. The second kappa shape index (κ2) is 6.25. The van der Waals surface area contributed by atoms with Crippen molar-refractivity contribution >= 4 is 11.7 Å². The van der Waals surface area contributed by atoms with Gasteiger partial charge in [-0.2, -0.15) is 0 Å². The third kappa shape index (κ3) is 3.11. The average Bonchev–Trinajstić information content (AvgIpc) is 2.43. The van der Waals surface area contributed by atoms with Gasteiger partial charge in [-0.25, -0.2) is 9.18 Å². The first-order valence-corrected chi connectivity index (χ1v) is 7.17. The third-order valence-electron chi connectivity index (χ3n) is 4.25. The van der Waals surface area contributed by atoms with E-state index in [0.717, 1.165) is 0 Å². The summed E-state index contributed by atoms with van der Waals surface area (Å²) >= 11 is 0. The highest BCUT2D eigenvalue weighted by Crippen LogP contribution is 2.32. The molecule has 1 N–H and O–H groups in total. The monoisotopic (exact) mass is 279 g/mol. The van der Waals surface area contributed by atoms with Crippen LogP contribution in [0.3, 0.4) is 0 Å². The summed E-state index contributed by atoms with van der Waals surface area (Å²) in [6.45, 7) is 4.43. The first kappa shape index (κ1) is 14.8. The Labute approximate surface area is 119 Å². The Morgan fingerprint density at radius 1 is 1.30 bits per heavy atom. The van der Waals surface area contributed by atoms with Gasteiger partial charge >= 0.3 is 5.97 Å². The van der Waals surface area contributed by atoms with Crippen molar-refractivity contribution in [2.24, 2.45) is 11.8 Å². The highest BCUT2D eigenvalue weighted by Gasteiger charge is 2.28. The normalized spacial score (nSPS) is 26.1. The zero-order valence-corrected chi connectivity index (χ0v) is 12.3. The number of methoxy groups -OCH3 is 1. The summed E-state index contributed by atoms with van der Waals surface area (Å²) < 4.78 is 18.1. The molecule has 3 nitrogen and oxygen atoms in total. The minimum atomic E-state index is -0.511. The molecule has 0 radical (unpaired) electrons. The minimum absolute atomic E-state index is 0.262. The maximum absolute atomic E-state index is 13.3. The van der Waals surface area contributed by atoms with Gasteiger partial charge in [0.1, 0.15) is 5.82 Å². The van der Waals surface area contributed by atoms with Crippen LogP contribution in [-0.4, -0.2) is 19.1 Å². The summed E-state index contributed by atoms with van der Waals surface area (Å²) in [6, 6.07) is 4.52. The summed E-state index contributed by atoms with van der Waals surface area (Å²) in [5, 5.41) is 3.42. The van der Waals surface area contributed by atoms with Crippen LogP contribution in [0.4, 0.5) is 10.1 Å². The van der Waals surface area contributed by atoms with Crippen LogP contribution in [0, 0.1) is 17.7 Å². The predicted octanol–water partition coefficient (Wildman–Crippen LogP) is 3.85. The summed E-state index contributed by atoms with van der Waals surface area (Å²) in [6.07, 6.45) is 3.60. The quantitative estimate of drug-likeness (QED) is 0.854. The Hall–Kier alpha value is -1.58. The molecule has 1 saturated carbocycles. The fraction of sp³-hybridized carbons (Fsp3) is 0.562.